The van der Waals surface area contributed by atoms with E-state index in [4.69, 9.17) is 5.73 Å². The molecular formula is C12H25N3. The van der Waals surface area contributed by atoms with Crippen LogP contribution in [0.1, 0.15) is 26.2 Å². The zero-order chi connectivity index (χ0) is 10.7. The Morgan fingerprint density at radius 2 is 1.73 bits per heavy atom. The van der Waals surface area contributed by atoms with Gasteiger partial charge in [-0.05, 0) is 51.4 Å². The van der Waals surface area contributed by atoms with Crippen LogP contribution in [0, 0.1) is 5.92 Å². The molecular weight excluding hydrogens is 186 g/mol. The van der Waals surface area contributed by atoms with Gasteiger partial charge >= 0.3 is 0 Å². The van der Waals surface area contributed by atoms with Gasteiger partial charge in [-0.1, -0.05) is 6.92 Å². The molecule has 0 aliphatic carbocycles. The molecule has 2 N–H and O–H groups in total. The average molecular weight is 211 g/mol. The normalized spacial score (nSPS) is 34.0. The van der Waals surface area contributed by atoms with Crippen LogP contribution in [0.2, 0.25) is 0 Å². The second kappa shape index (κ2) is 5.28. The van der Waals surface area contributed by atoms with Gasteiger partial charge in [0.15, 0.2) is 0 Å². The summed E-state index contributed by atoms with van der Waals surface area (Å²) in [6.45, 7) is 9.79. The van der Waals surface area contributed by atoms with Gasteiger partial charge in [-0.3, -0.25) is 0 Å². The molecule has 0 aromatic carbocycles. The molecule has 3 nitrogen and oxygen atoms in total. The van der Waals surface area contributed by atoms with Gasteiger partial charge in [0.1, 0.15) is 0 Å². The lowest BCUT2D eigenvalue weighted by Gasteiger charge is -2.18. The molecule has 0 radical (unpaired) electrons. The molecule has 2 atom stereocenters. The lowest BCUT2D eigenvalue weighted by Crippen LogP contribution is -2.30. The summed E-state index contributed by atoms with van der Waals surface area (Å²) < 4.78 is 0. The zero-order valence-electron chi connectivity index (χ0n) is 9.99. The van der Waals surface area contributed by atoms with Gasteiger partial charge in [-0.25, -0.2) is 0 Å². The molecule has 2 rings (SSSR count). The van der Waals surface area contributed by atoms with Crippen molar-refractivity contribution in [2.24, 2.45) is 11.7 Å². The molecule has 2 fully saturated rings. The molecule has 0 amide bonds. The molecule has 2 aliphatic heterocycles. The highest BCUT2D eigenvalue weighted by atomic mass is 15.2. The summed E-state index contributed by atoms with van der Waals surface area (Å²) in [5.74, 6) is 0.691. The van der Waals surface area contributed by atoms with Gasteiger partial charge in [0.25, 0.3) is 0 Å². The van der Waals surface area contributed by atoms with Crippen molar-refractivity contribution in [1.29, 1.82) is 0 Å². The molecule has 2 unspecified atom stereocenters. The second-order valence-electron chi connectivity index (χ2n) is 5.30. The average Bonchev–Trinajstić information content (AvgIpc) is 2.79. The van der Waals surface area contributed by atoms with Crippen molar-refractivity contribution in [3.63, 3.8) is 0 Å². The third-order valence-electron chi connectivity index (χ3n) is 3.89. The molecule has 88 valence electrons. The molecule has 2 heterocycles. The van der Waals surface area contributed by atoms with Crippen LogP contribution in [0.5, 0.6) is 0 Å². The van der Waals surface area contributed by atoms with Crippen LogP contribution in [0.3, 0.4) is 0 Å². The molecule has 3 heteroatoms. The Balaban J connectivity index is 1.58. The van der Waals surface area contributed by atoms with Gasteiger partial charge in [-0.2, -0.15) is 0 Å². The predicted octanol–water partition coefficient (Wildman–Crippen LogP) is 0.751. The first kappa shape index (κ1) is 11.4. The van der Waals surface area contributed by atoms with E-state index in [0.717, 1.165) is 6.54 Å². The van der Waals surface area contributed by atoms with E-state index in [9.17, 15) is 0 Å². The fourth-order valence-corrected chi connectivity index (χ4v) is 2.80. The van der Waals surface area contributed by atoms with E-state index < -0.39 is 0 Å². The molecule has 0 aromatic heterocycles. The number of likely N-dealkylation sites (tertiary alicyclic amines) is 2. The van der Waals surface area contributed by atoms with Crippen molar-refractivity contribution in [3.8, 4) is 0 Å². The first-order chi connectivity index (χ1) is 7.25. The highest BCUT2D eigenvalue weighted by molar-refractivity contribution is 4.83. The Labute approximate surface area is 93.6 Å². The largest absolute Gasteiger partial charge is 0.326 e. The van der Waals surface area contributed by atoms with E-state index >= 15 is 0 Å². The van der Waals surface area contributed by atoms with Gasteiger partial charge in [0, 0.05) is 19.1 Å². The third kappa shape index (κ3) is 3.16. The van der Waals surface area contributed by atoms with Crippen LogP contribution in [0.15, 0.2) is 0 Å². The van der Waals surface area contributed by atoms with E-state index in [1.165, 1.54) is 52.0 Å². The molecule has 0 spiro atoms. The van der Waals surface area contributed by atoms with Crippen molar-refractivity contribution in [1.82, 2.24) is 9.80 Å². The fourth-order valence-electron chi connectivity index (χ4n) is 2.80. The molecule has 2 saturated heterocycles. The summed E-state index contributed by atoms with van der Waals surface area (Å²) in [5, 5.41) is 0. The van der Waals surface area contributed by atoms with Crippen LogP contribution in [0.4, 0.5) is 0 Å². The first-order valence-corrected chi connectivity index (χ1v) is 6.46. The molecule has 2 aliphatic rings. The van der Waals surface area contributed by atoms with Crippen molar-refractivity contribution < 1.29 is 0 Å². The van der Waals surface area contributed by atoms with Gasteiger partial charge < -0.3 is 15.5 Å². The SMILES string of the molecule is CC1CN(CCCN2CCCC2)CC1N. The molecule has 15 heavy (non-hydrogen) atoms. The second-order valence-corrected chi connectivity index (χ2v) is 5.30. The van der Waals surface area contributed by atoms with E-state index in [-0.39, 0.29) is 0 Å². The Kier molecular flexibility index (Phi) is 4.00. The third-order valence-corrected chi connectivity index (χ3v) is 3.89. The van der Waals surface area contributed by atoms with Crippen molar-refractivity contribution in [2.45, 2.75) is 32.2 Å². The summed E-state index contributed by atoms with van der Waals surface area (Å²) in [6.07, 6.45) is 4.14. The molecule has 0 bridgehead atoms. The Hall–Kier alpha value is -0.120. The summed E-state index contributed by atoms with van der Waals surface area (Å²) >= 11 is 0. The van der Waals surface area contributed by atoms with Gasteiger partial charge in [0.2, 0.25) is 0 Å². The zero-order valence-corrected chi connectivity index (χ0v) is 9.99. The van der Waals surface area contributed by atoms with Crippen molar-refractivity contribution in [2.75, 3.05) is 39.3 Å². The minimum atomic E-state index is 0.414. The quantitative estimate of drug-likeness (QED) is 0.745. The summed E-state index contributed by atoms with van der Waals surface area (Å²) in [6, 6.07) is 0.414. The van der Waals surface area contributed by atoms with Crippen LogP contribution < -0.4 is 5.73 Å². The molecule has 0 aromatic rings. The fraction of sp³-hybridized carbons (Fsp3) is 1.00. The number of rotatable bonds is 4. The maximum Gasteiger partial charge on any atom is 0.0206 e. The first-order valence-electron chi connectivity index (χ1n) is 6.46. The number of hydrogen-bond donors (Lipinski definition) is 1. The summed E-state index contributed by atoms with van der Waals surface area (Å²) in [5.41, 5.74) is 6.01. The topological polar surface area (TPSA) is 32.5 Å². The smallest absolute Gasteiger partial charge is 0.0206 e. The predicted molar refractivity (Wildman–Crippen MR) is 63.9 cm³/mol. The summed E-state index contributed by atoms with van der Waals surface area (Å²) in [7, 11) is 0. The maximum atomic E-state index is 6.01. The van der Waals surface area contributed by atoms with E-state index in [1.807, 2.05) is 0 Å². The van der Waals surface area contributed by atoms with Crippen LogP contribution >= 0.6 is 0 Å². The Morgan fingerprint density at radius 1 is 1.07 bits per heavy atom. The van der Waals surface area contributed by atoms with Gasteiger partial charge in [-0.15, -0.1) is 0 Å². The van der Waals surface area contributed by atoms with Crippen molar-refractivity contribution in [3.05, 3.63) is 0 Å². The van der Waals surface area contributed by atoms with E-state index in [2.05, 4.69) is 16.7 Å². The summed E-state index contributed by atoms with van der Waals surface area (Å²) in [4.78, 5) is 5.13. The van der Waals surface area contributed by atoms with Crippen LogP contribution in [-0.2, 0) is 0 Å². The lowest BCUT2D eigenvalue weighted by atomic mass is 10.1. The highest BCUT2D eigenvalue weighted by Crippen LogP contribution is 2.15. The minimum absolute atomic E-state index is 0.414. The Bertz CT molecular complexity index is 179. The molecule has 0 saturated carbocycles. The number of nitrogens with zero attached hydrogens (tertiary/aromatic N) is 2. The van der Waals surface area contributed by atoms with E-state index in [1.54, 1.807) is 0 Å². The number of hydrogen-bond acceptors (Lipinski definition) is 3. The Morgan fingerprint density at radius 3 is 2.33 bits per heavy atom. The highest BCUT2D eigenvalue weighted by Gasteiger charge is 2.25. The van der Waals surface area contributed by atoms with Gasteiger partial charge in [0.05, 0.1) is 0 Å². The monoisotopic (exact) mass is 211 g/mol. The lowest BCUT2D eigenvalue weighted by molar-refractivity contribution is 0.275. The maximum absolute atomic E-state index is 6.01. The van der Waals surface area contributed by atoms with Crippen LogP contribution in [0.25, 0.3) is 0 Å². The standard InChI is InChI=1S/C12H25N3/c1-11-9-15(10-12(11)13)8-4-7-14-5-2-3-6-14/h11-12H,2-10,13H2,1H3. The van der Waals surface area contributed by atoms with E-state index in [0.29, 0.717) is 12.0 Å². The van der Waals surface area contributed by atoms with Crippen molar-refractivity contribution >= 4 is 0 Å². The minimum Gasteiger partial charge on any atom is -0.326 e. The number of nitrogens with two attached hydrogens (primary N) is 1. The van der Waals surface area contributed by atoms with Crippen LogP contribution in [-0.4, -0.2) is 55.1 Å².